The Labute approximate surface area is 203 Å². The van der Waals surface area contributed by atoms with Crippen molar-refractivity contribution in [2.75, 3.05) is 18.6 Å². The Morgan fingerprint density at radius 2 is 1.47 bits per heavy atom. The molecule has 0 saturated carbocycles. The van der Waals surface area contributed by atoms with Crippen LogP contribution in [0.1, 0.15) is 41.4 Å². The second kappa shape index (κ2) is 10.1. The predicted octanol–water partition coefficient (Wildman–Crippen LogP) is 2.25. The van der Waals surface area contributed by atoms with E-state index in [1.165, 1.54) is 49.6 Å². The smallest absolute Gasteiger partial charge is 0.338 e. The van der Waals surface area contributed by atoms with E-state index >= 15 is 0 Å². The summed E-state index contributed by atoms with van der Waals surface area (Å²) in [6.45, 7) is -0.715. The minimum atomic E-state index is -0.921. The van der Waals surface area contributed by atoms with E-state index in [2.05, 4.69) is 10.9 Å². The van der Waals surface area contributed by atoms with Gasteiger partial charge in [-0.25, -0.2) is 14.1 Å². The lowest BCUT2D eigenvalue weighted by Gasteiger charge is -2.13. The molecule has 0 aromatic heterocycles. The minimum Gasteiger partial charge on any atom is -0.497 e. The van der Waals surface area contributed by atoms with Crippen molar-refractivity contribution in [3.8, 4) is 5.75 Å². The van der Waals surface area contributed by atoms with Crippen molar-refractivity contribution in [3.63, 3.8) is 0 Å². The summed E-state index contributed by atoms with van der Waals surface area (Å²) < 4.78 is 23.1. The second-order valence-corrected chi connectivity index (χ2v) is 7.49. The zero-order valence-corrected chi connectivity index (χ0v) is 18.7. The summed E-state index contributed by atoms with van der Waals surface area (Å²) in [4.78, 5) is 62.7. The molecule has 0 aliphatic carbocycles. The number of amides is 4. The van der Waals surface area contributed by atoms with E-state index in [-0.39, 0.29) is 27.9 Å². The quantitative estimate of drug-likeness (QED) is 0.307. The van der Waals surface area contributed by atoms with Gasteiger partial charge >= 0.3 is 5.97 Å². The number of nitrogens with zero attached hydrogens (tertiary/aromatic N) is 1. The van der Waals surface area contributed by atoms with E-state index in [0.29, 0.717) is 5.75 Å². The average Bonchev–Trinajstić information content (AvgIpc) is 3.15. The number of rotatable bonds is 6. The van der Waals surface area contributed by atoms with Crippen molar-refractivity contribution in [2.45, 2.75) is 0 Å². The highest BCUT2D eigenvalue weighted by molar-refractivity contribution is 6.34. The van der Waals surface area contributed by atoms with Crippen LogP contribution in [0.5, 0.6) is 5.75 Å². The number of imide groups is 1. The van der Waals surface area contributed by atoms with Crippen LogP contribution in [0.25, 0.3) is 0 Å². The van der Waals surface area contributed by atoms with E-state index in [1.807, 2.05) is 0 Å². The molecule has 0 saturated heterocycles. The van der Waals surface area contributed by atoms with Crippen LogP contribution < -0.4 is 20.5 Å². The average molecular weight is 491 g/mol. The molecule has 182 valence electrons. The molecule has 0 atom stereocenters. The van der Waals surface area contributed by atoms with Gasteiger partial charge in [0.2, 0.25) is 0 Å². The van der Waals surface area contributed by atoms with Gasteiger partial charge in [-0.15, -0.1) is 0 Å². The van der Waals surface area contributed by atoms with Crippen LogP contribution in [-0.2, 0) is 9.53 Å². The molecule has 1 aliphatic heterocycles. The number of fused-ring (bicyclic) bond motifs is 1. The number of hydrogen-bond donors (Lipinski definition) is 2. The first-order valence-corrected chi connectivity index (χ1v) is 10.5. The highest BCUT2D eigenvalue weighted by Crippen LogP contribution is 2.29. The zero-order chi connectivity index (χ0) is 25.8. The van der Waals surface area contributed by atoms with Gasteiger partial charge in [-0.3, -0.25) is 30.0 Å². The number of carbonyl (C=O) groups excluding carboxylic acids is 5. The number of anilines is 1. The Hall–Kier alpha value is -5.06. The maximum Gasteiger partial charge on any atom is 0.338 e. The molecular weight excluding hydrogens is 473 g/mol. The summed E-state index contributed by atoms with van der Waals surface area (Å²) in [5.74, 6) is -3.59. The molecule has 4 amide bonds. The maximum atomic E-state index is 13.2. The van der Waals surface area contributed by atoms with Gasteiger partial charge < -0.3 is 9.47 Å². The van der Waals surface area contributed by atoms with Crippen LogP contribution in [0.15, 0.2) is 66.7 Å². The molecule has 3 aromatic carbocycles. The summed E-state index contributed by atoms with van der Waals surface area (Å²) in [5, 5.41) is 0. The molecule has 3 aromatic rings. The van der Waals surface area contributed by atoms with Crippen molar-refractivity contribution in [1.29, 1.82) is 0 Å². The van der Waals surface area contributed by atoms with Gasteiger partial charge in [-0.2, -0.15) is 0 Å². The van der Waals surface area contributed by atoms with Crippen molar-refractivity contribution in [3.05, 3.63) is 94.8 Å². The van der Waals surface area contributed by atoms with Gasteiger partial charge in [-0.05, 0) is 66.7 Å². The van der Waals surface area contributed by atoms with E-state index in [0.717, 1.165) is 17.0 Å². The predicted molar refractivity (Wildman–Crippen MR) is 123 cm³/mol. The number of benzene rings is 3. The standard InChI is InChI=1S/C25H18FN3O7/c1-35-18-9-2-14(3-10-18)22(31)28-27-21(30)13-36-25(34)15-4-11-19-20(12-15)24(33)29(23(19)32)17-7-5-16(26)6-8-17/h2-12H,13H2,1H3,(H,27,30)(H,28,31). The Balaban J connectivity index is 1.34. The van der Waals surface area contributed by atoms with Gasteiger partial charge in [-0.1, -0.05) is 0 Å². The molecule has 36 heavy (non-hydrogen) atoms. The second-order valence-electron chi connectivity index (χ2n) is 7.49. The molecular formula is C25H18FN3O7. The summed E-state index contributed by atoms with van der Waals surface area (Å²) in [6, 6.07) is 14.7. The fourth-order valence-electron chi connectivity index (χ4n) is 3.38. The molecule has 0 radical (unpaired) electrons. The Morgan fingerprint density at radius 3 is 2.14 bits per heavy atom. The minimum absolute atomic E-state index is 0.0324. The normalized spacial score (nSPS) is 12.1. The van der Waals surface area contributed by atoms with E-state index in [9.17, 15) is 28.4 Å². The van der Waals surface area contributed by atoms with Crippen molar-refractivity contribution >= 4 is 35.3 Å². The van der Waals surface area contributed by atoms with Gasteiger partial charge in [0.05, 0.1) is 29.5 Å². The first-order chi connectivity index (χ1) is 17.3. The molecule has 4 rings (SSSR count). The maximum absolute atomic E-state index is 13.2. The molecule has 1 heterocycles. The third-order valence-electron chi connectivity index (χ3n) is 5.21. The lowest BCUT2D eigenvalue weighted by Crippen LogP contribution is -2.43. The van der Waals surface area contributed by atoms with Crippen LogP contribution in [0.3, 0.4) is 0 Å². The SMILES string of the molecule is COc1ccc(C(=O)NNC(=O)COC(=O)c2ccc3c(c2)C(=O)N(c2ccc(F)cc2)C3=O)cc1. The number of hydrazine groups is 1. The number of ether oxygens (including phenoxy) is 2. The summed E-state index contributed by atoms with van der Waals surface area (Å²) in [6.07, 6.45) is 0. The number of halogens is 1. The summed E-state index contributed by atoms with van der Waals surface area (Å²) in [7, 11) is 1.49. The van der Waals surface area contributed by atoms with E-state index in [1.54, 1.807) is 12.1 Å². The fraction of sp³-hybridized carbons (Fsp3) is 0.0800. The van der Waals surface area contributed by atoms with Crippen molar-refractivity contribution in [2.24, 2.45) is 0 Å². The van der Waals surface area contributed by atoms with Crippen molar-refractivity contribution < 1.29 is 37.8 Å². The van der Waals surface area contributed by atoms with E-state index in [4.69, 9.17) is 9.47 Å². The van der Waals surface area contributed by atoms with Gasteiger partial charge in [0.1, 0.15) is 11.6 Å². The zero-order valence-electron chi connectivity index (χ0n) is 18.7. The fourth-order valence-corrected chi connectivity index (χ4v) is 3.38. The molecule has 0 spiro atoms. The lowest BCUT2D eigenvalue weighted by atomic mass is 10.1. The number of methoxy groups -OCH3 is 1. The van der Waals surface area contributed by atoms with Crippen LogP contribution in [0.2, 0.25) is 0 Å². The number of nitrogens with one attached hydrogen (secondary N) is 2. The molecule has 11 heteroatoms. The molecule has 0 bridgehead atoms. The largest absolute Gasteiger partial charge is 0.497 e. The lowest BCUT2D eigenvalue weighted by molar-refractivity contribution is -0.125. The number of esters is 1. The first kappa shape index (κ1) is 24.1. The molecule has 2 N–H and O–H groups in total. The third-order valence-corrected chi connectivity index (χ3v) is 5.21. The summed E-state index contributed by atoms with van der Waals surface area (Å²) >= 11 is 0. The Morgan fingerprint density at radius 1 is 0.833 bits per heavy atom. The van der Waals surface area contributed by atoms with Gasteiger partial charge in [0, 0.05) is 5.56 Å². The highest BCUT2D eigenvalue weighted by atomic mass is 19.1. The van der Waals surface area contributed by atoms with E-state index < -0.39 is 42.0 Å². The van der Waals surface area contributed by atoms with Crippen LogP contribution in [0.4, 0.5) is 10.1 Å². The first-order valence-electron chi connectivity index (χ1n) is 10.5. The number of carbonyl (C=O) groups is 5. The molecule has 0 fully saturated rings. The van der Waals surface area contributed by atoms with Gasteiger partial charge in [0.15, 0.2) is 6.61 Å². The summed E-state index contributed by atoms with van der Waals surface area (Å²) in [5.41, 5.74) is 4.72. The molecule has 10 nitrogen and oxygen atoms in total. The molecule has 0 unspecified atom stereocenters. The molecule has 1 aliphatic rings. The topological polar surface area (TPSA) is 131 Å². The monoisotopic (exact) mass is 491 g/mol. The van der Waals surface area contributed by atoms with Crippen molar-refractivity contribution in [1.82, 2.24) is 10.9 Å². The highest BCUT2D eigenvalue weighted by Gasteiger charge is 2.37. The van der Waals surface area contributed by atoms with Crippen LogP contribution >= 0.6 is 0 Å². The Bertz CT molecular complexity index is 1370. The Kier molecular flexibility index (Phi) is 6.72. The van der Waals surface area contributed by atoms with Crippen LogP contribution in [-0.4, -0.2) is 43.3 Å². The third kappa shape index (κ3) is 4.89. The van der Waals surface area contributed by atoms with Gasteiger partial charge in [0.25, 0.3) is 23.6 Å². The van der Waals surface area contributed by atoms with Crippen LogP contribution in [0, 0.1) is 5.82 Å². The number of hydrogen-bond acceptors (Lipinski definition) is 7.